The van der Waals surface area contributed by atoms with Gasteiger partial charge in [-0.3, -0.25) is 0 Å². The van der Waals surface area contributed by atoms with Crippen molar-refractivity contribution in [2.45, 2.75) is 59.4 Å². The van der Waals surface area contributed by atoms with E-state index < -0.39 is 5.60 Å². The second-order valence-electron chi connectivity index (χ2n) is 7.61. The Bertz CT molecular complexity index is 830. The molecule has 0 saturated heterocycles. The fourth-order valence-corrected chi connectivity index (χ4v) is 4.22. The summed E-state index contributed by atoms with van der Waals surface area (Å²) in [6, 6.07) is 10.2. The number of hydrogen-bond acceptors (Lipinski definition) is 4. The molecule has 3 rings (SSSR count). The second kappa shape index (κ2) is 8.64. The molecule has 0 bridgehead atoms. The van der Waals surface area contributed by atoms with Crippen molar-refractivity contribution in [3.63, 3.8) is 0 Å². The molecule has 0 aliphatic carbocycles. The van der Waals surface area contributed by atoms with Crippen molar-refractivity contribution in [3.8, 4) is 16.9 Å². The second-order valence-corrected chi connectivity index (χ2v) is 7.61. The van der Waals surface area contributed by atoms with Crippen LogP contribution in [0.2, 0.25) is 0 Å². The number of rotatable bonds is 8. The summed E-state index contributed by atoms with van der Waals surface area (Å²) >= 11 is 0. The highest BCUT2D eigenvalue weighted by Gasteiger charge is 2.46. The minimum Gasteiger partial charge on any atom is -0.481 e. The molecule has 1 N–H and O–H groups in total. The molecule has 0 saturated carbocycles. The molecular weight excluding hydrogens is 352 g/mol. The van der Waals surface area contributed by atoms with Gasteiger partial charge in [0.15, 0.2) is 5.60 Å². The van der Waals surface area contributed by atoms with Gasteiger partial charge in [0.2, 0.25) is 0 Å². The van der Waals surface area contributed by atoms with Crippen LogP contribution in [0.4, 0.5) is 0 Å². The molecular formula is C24H32O4. The molecule has 2 aromatic rings. The first kappa shape index (κ1) is 20.8. The third-order valence-corrected chi connectivity index (χ3v) is 5.76. The average molecular weight is 385 g/mol. The summed E-state index contributed by atoms with van der Waals surface area (Å²) in [6.07, 6.45) is 0.694. The van der Waals surface area contributed by atoms with Gasteiger partial charge in [-0.1, -0.05) is 18.2 Å². The summed E-state index contributed by atoms with van der Waals surface area (Å²) in [5.74, 6) is 0.934. The van der Waals surface area contributed by atoms with Gasteiger partial charge in [-0.25, -0.2) is 0 Å². The molecule has 0 fully saturated rings. The lowest BCUT2D eigenvalue weighted by Gasteiger charge is -2.34. The molecule has 0 aromatic heterocycles. The minimum atomic E-state index is -0.503. The van der Waals surface area contributed by atoms with Crippen molar-refractivity contribution in [2.24, 2.45) is 0 Å². The predicted octanol–water partition coefficient (Wildman–Crippen LogP) is 4.60. The maximum Gasteiger partial charge on any atom is 0.162 e. The lowest BCUT2D eigenvalue weighted by atomic mass is 9.86. The summed E-state index contributed by atoms with van der Waals surface area (Å²) < 4.78 is 18.3. The van der Waals surface area contributed by atoms with E-state index in [1.807, 2.05) is 26.0 Å². The maximum absolute atomic E-state index is 9.52. The average Bonchev–Trinajstić information content (AvgIpc) is 3.07. The zero-order chi connectivity index (χ0) is 20.3. The molecule has 28 heavy (non-hydrogen) atoms. The van der Waals surface area contributed by atoms with E-state index in [-0.39, 0.29) is 12.7 Å². The van der Waals surface area contributed by atoms with E-state index in [0.717, 1.165) is 23.3 Å². The third kappa shape index (κ3) is 3.82. The summed E-state index contributed by atoms with van der Waals surface area (Å²) in [5.41, 5.74) is 6.38. The molecule has 1 heterocycles. The van der Waals surface area contributed by atoms with E-state index >= 15 is 0 Å². The van der Waals surface area contributed by atoms with Crippen LogP contribution in [0.15, 0.2) is 30.3 Å². The Hall–Kier alpha value is -1.88. The molecule has 2 atom stereocenters. The van der Waals surface area contributed by atoms with Gasteiger partial charge >= 0.3 is 0 Å². The SMILES string of the molecule is CCOCC1(C(C)OCC)Cc2c(cc(C)c(-c3cccc(CO)c3)c2C)O1. The van der Waals surface area contributed by atoms with Crippen molar-refractivity contribution >= 4 is 0 Å². The molecule has 152 valence electrons. The van der Waals surface area contributed by atoms with Crippen molar-refractivity contribution < 1.29 is 19.3 Å². The highest BCUT2D eigenvalue weighted by molar-refractivity contribution is 5.75. The number of aryl methyl sites for hydroxylation is 1. The van der Waals surface area contributed by atoms with Gasteiger partial charge < -0.3 is 19.3 Å². The Labute approximate surface area is 168 Å². The van der Waals surface area contributed by atoms with Gasteiger partial charge in [-0.05, 0) is 74.6 Å². The van der Waals surface area contributed by atoms with Crippen LogP contribution in [-0.2, 0) is 22.5 Å². The molecule has 2 unspecified atom stereocenters. The molecule has 4 nitrogen and oxygen atoms in total. The fraction of sp³-hybridized carbons (Fsp3) is 0.500. The molecule has 2 aromatic carbocycles. The number of benzene rings is 2. The van der Waals surface area contributed by atoms with E-state index in [0.29, 0.717) is 19.8 Å². The van der Waals surface area contributed by atoms with Gasteiger partial charge in [0.25, 0.3) is 0 Å². The highest BCUT2D eigenvalue weighted by Crippen LogP contribution is 2.44. The van der Waals surface area contributed by atoms with Gasteiger partial charge in [-0.15, -0.1) is 0 Å². The van der Waals surface area contributed by atoms with E-state index in [2.05, 4.69) is 39.0 Å². The van der Waals surface area contributed by atoms with Gasteiger partial charge in [0, 0.05) is 25.2 Å². The van der Waals surface area contributed by atoms with E-state index in [4.69, 9.17) is 14.2 Å². The van der Waals surface area contributed by atoms with E-state index in [9.17, 15) is 5.11 Å². The van der Waals surface area contributed by atoms with Crippen LogP contribution in [0.5, 0.6) is 5.75 Å². The molecule has 1 aliphatic heterocycles. The first-order chi connectivity index (χ1) is 13.5. The van der Waals surface area contributed by atoms with E-state index in [1.54, 1.807) is 0 Å². The standard InChI is InChI=1S/C24H32O4/c1-6-26-15-24(18(5)27-7-2)13-21-17(4)23(16(3)11-22(21)28-24)20-10-8-9-19(12-20)14-25/h8-12,18,25H,6-7,13-15H2,1-5H3. The Morgan fingerprint density at radius 2 is 1.96 bits per heavy atom. The number of ether oxygens (including phenoxy) is 3. The van der Waals surface area contributed by atoms with Crippen molar-refractivity contribution in [3.05, 3.63) is 52.6 Å². The van der Waals surface area contributed by atoms with Crippen molar-refractivity contribution in [2.75, 3.05) is 19.8 Å². The lowest BCUT2D eigenvalue weighted by molar-refractivity contribution is -0.107. The summed E-state index contributed by atoms with van der Waals surface area (Å²) in [7, 11) is 0. The van der Waals surface area contributed by atoms with E-state index in [1.165, 1.54) is 22.3 Å². The van der Waals surface area contributed by atoms with Crippen LogP contribution in [0.3, 0.4) is 0 Å². The smallest absolute Gasteiger partial charge is 0.162 e. The van der Waals surface area contributed by atoms with Crippen LogP contribution >= 0.6 is 0 Å². The molecule has 1 aliphatic rings. The predicted molar refractivity (Wildman–Crippen MR) is 112 cm³/mol. The highest BCUT2D eigenvalue weighted by atomic mass is 16.6. The van der Waals surface area contributed by atoms with Crippen LogP contribution in [0.1, 0.15) is 43.0 Å². The Kier molecular flexibility index (Phi) is 6.43. The topological polar surface area (TPSA) is 47.9 Å². The third-order valence-electron chi connectivity index (χ3n) is 5.76. The van der Waals surface area contributed by atoms with Crippen molar-refractivity contribution in [1.82, 2.24) is 0 Å². The van der Waals surface area contributed by atoms with Crippen molar-refractivity contribution in [1.29, 1.82) is 0 Å². The van der Waals surface area contributed by atoms with Gasteiger partial charge in [-0.2, -0.15) is 0 Å². The summed E-state index contributed by atoms with van der Waals surface area (Å²) in [5, 5.41) is 9.52. The largest absolute Gasteiger partial charge is 0.481 e. The monoisotopic (exact) mass is 384 g/mol. The van der Waals surface area contributed by atoms with Crippen LogP contribution < -0.4 is 4.74 Å². The minimum absolute atomic E-state index is 0.0450. The summed E-state index contributed by atoms with van der Waals surface area (Å²) in [4.78, 5) is 0. The molecule has 4 heteroatoms. The van der Waals surface area contributed by atoms with Crippen LogP contribution in [0, 0.1) is 13.8 Å². The normalized spacial score (nSPS) is 19.4. The van der Waals surface area contributed by atoms with Crippen LogP contribution in [0.25, 0.3) is 11.1 Å². The first-order valence-electron chi connectivity index (χ1n) is 10.2. The molecule has 0 spiro atoms. The van der Waals surface area contributed by atoms with Crippen LogP contribution in [-0.4, -0.2) is 36.6 Å². The Balaban J connectivity index is 2.04. The Morgan fingerprint density at radius 3 is 2.64 bits per heavy atom. The fourth-order valence-electron chi connectivity index (χ4n) is 4.22. The molecule has 0 radical (unpaired) electrons. The number of fused-ring (bicyclic) bond motifs is 1. The lowest BCUT2D eigenvalue weighted by Crippen LogP contribution is -2.50. The van der Waals surface area contributed by atoms with Gasteiger partial charge in [0.1, 0.15) is 5.75 Å². The molecule has 0 amide bonds. The quantitative estimate of drug-likeness (QED) is 0.723. The summed E-state index contributed by atoms with van der Waals surface area (Å²) in [6.45, 7) is 12.2. The first-order valence-corrected chi connectivity index (χ1v) is 10.2. The number of aliphatic hydroxyl groups is 1. The zero-order valence-corrected chi connectivity index (χ0v) is 17.7. The van der Waals surface area contributed by atoms with Gasteiger partial charge in [0.05, 0.1) is 19.3 Å². The zero-order valence-electron chi connectivity index (χ0n) is 17.7. The number of hydrogen-bond donors (Lipinski definition) is 1. The maximum atomic E-state index is 9.52. The number of aliphatic hydroxyl groups excluding tert-OH is 1. The Morgan fingerprint density at radius 1 is 1.18 bits per heavy atom.